The van der Waals surface area contributed by atoms with E-state index in [4.69, 9.17) is 0 Å². The topological polar surface area (TPSA) is 0 Å². The second kappa shape index (κ2) is 9.61. The summed E-state index contributed by atoms with van der Waals surface area (Å²) in [5.41, 5.74) is 9.26. The molecule has 0 spiro atoms. The smallest absolute Gasteiger partial charge is 0.0162 e. The molecule has 0 aliphatic rings. The van der Waals surface area contributed by atoms with Crippen LogP contribution in [0.2, 0.25) is 0 Å². The number of rotatable bonds is 6. The Morgan fingerprint density at radius 1 is 1.08 bits per heavy atom. The van der Waals surface area contributed by atoms with E-state index in [0.717, 1.165) is 11.3 Å². The molecule has 0 fully saturated rings. The molecule has 0 aliphatic heterocycles. The second-order valence-corrected chi connectivity index (χ2v) is 8.85. The molecular weight excluding hydrogens is 447 g/mol. The van der Waals surface area contributed by atoms with Crippen LogP contribution in [0, 0.1) is 24.3 Å². The summed E-state index contributed by atoms with van der Waals surface area (Å²) < 4.78 is 1.34. The Morgan fingerprint density at radius 2 is 1.77 bits per heavy atom. The van der Waals surface area contributed by atoms with Gasteiger partial charge in [-0.3, -0.25) is 0 Å². The molecular formula is C24H27IS. The Morgan fingerprint density at radius 3 is 2.42 bits per heavy atom. The SMILES string of the molecule is C=C(S/C=C(\C)Cc1cc(C)c(I)cc1C)/C(=C/C)c1ccccc1C. The Kier molecular flexibility index (Phi) is 7.78. The molecule has 2 aromatic rings. The second-order valence-electron chi connectivity index (χ2n) is 6.73. The quantitative estimate of drug-likeness (QED) is 0.302. The number of thioether (sulfide) groups is 1. The highest BCUT2D eigenvalue weighted by Crippen LogP contribution is 2.33. The van der Waals surface area contributed by atoms with Gasteiger partial charge in [0.25, 0.3) is 0 Å². The van der Waals surface area contributed by atoms with Crippen molar-refractivity contribution in [3.63, 3.8) is 0 Å². The first-order valence-corrected chi connectivity index (χ1v) is 10.8. The van der Waals surface area contributed by atoms with E-state index in [1.165, 1.54) is 42.5 Å². The molecule has 136 valence electrons. The molecule has 0 unspecified atom stereocenters. The van der Waals surface area contributed by atoms with E-state index >= 15 is 0 Å². The monoisotopic (exact) mass is 474 g/mol. The Labute approximate surface area is 176 Å². The summed E-state index contributed by atoms with van der Waals surface area (Å²) in [4.78, 5) is 1.09. The van der Waals surface area contributed by atoms with Crippen molar-refractivity contribution in [2.45, 2.75) is 41.0 Å². The maximum absolute atomic E-state index is 4.31. The number of benzene rings is 2. The minimum atomic E-state index is 0.986. The van der Waals surface area contributed by atoms with Gasteiger partial charge in [0.15, 0.2) is 0 Å². The maximum Gasteiger partial charge on any atom is 0.0162 e. The zero-order chi connectivity index (χ0) is 19.3. The van der Waals surface area contributed by atoms with Gasteiger partial charge in [-0.1, -0.05) is 60.3 Å². The molecule has 0 aliphatic carbocycles. The van der Waals surface area contributed by atoms with Crippen LogP contribution >= 0.6 is 34.4 Å². The van der Waals surface area contributed by atoms with Crippen LogP contribution in [0.5, 0.6) is 0 Å². The largest absolute Gasteiger partial charge is 0.0981 e. The Hall–Kier alpha value is -1.26. The molecule has 0 aromatic heterocycles. The lowest BCUT2D eigenvalue weighted by Crippen LogP contribution is -1.94. The van der Waals surface area contributed by atoms with E-state index in [9.17, 15) is 0 Å². The van der Waals surface area contributed by atoms with Crippen LogP contribution in [0.3, 0.4) is 0 Å². The van der Waals surface area contributed by atoms with Crippen molar-refractivity contribution in [3.8, 4) is 0 Å². The Balaban J connectivity index is 2.12. The van der Waals surface area contributed by atoms with Crippen LogP contribution in [-0.4, -0.2) is 0 Å². The van der Waals surface area contributed by atoms with Crippen molar-refractivity contribution in [2.75, 3.05) is 0 Å². The van der Waals surface area contributed by atoms with Gasteiger partial charge in [0.2, 0.25) is 0 Å². The van der Waals surface area contributed by atoms with E-state index in [0.29, 0.717) is 0 Å². The molecule has 0 radical (unpaired) electrons. The van der Waals surface area contributed by atoms with Crippen molar-refractivity contribution >= 4 is 39.9 Å². The summed E-state index contributed by atoms with van der Waals surface area (Å²) >= 11 is 4.14. The third kappa shape index (κ3) is 5.37. The standard InChI is InChI=1S/C24H27IS/c1-7-22(23-11-9-8-10-17(23)3)20(6)26-15-16(2)12-21-13-19(5)24(25)14-18(21)4/h7-11,13-15H,6,12H2,1-5H3/b16-15+,22-7-. The predicted octanol–water partition coefficient (Wildman–Crippen LogP) is 8.01. The summed E-state index contributed by atoms with van der Waals surface area (Å²) in [5.74, 6) is 0. The number of hydrogen-bond acceptors (Lipinski definition) is 1. The molecule has 2 heteroatoms. The van der Waals surface area contributed by atoms with E-state index in [2.05, 4.69) is 112 Å². The van der Waals surface area contributed by atoms with Crippen molar-refractivity contribution < 1.29 is 0 Å². The third-order valence-electron chi connectivity index (χ3n) is 4.51. The van der Waals surface area contributed by atoms with Crippen molar-refractivity contribution in [1.29, 1.82) is 0 Å². The highest BCUT2D eigenvalue weighted by molar-refractivity contribution is 14.1. The lowest BCUT2D eigenvalue weighted by Gasteiger charge is -2.13. The first kappa shape index (κ1) is 21.0. The van der Waals surface area contributed by atoms with Gasteiger partial charge < -0.3 is 0 Å². The van der Waals surface area contributed by atoms with E-state index in [1.54, 1.807) is 11.8 Å². The summed E-state index contributed by atoms with van der Waals surface area (Å²) in [5, 5.41) is 2.25. The fraction of sp³-hybridized carbons (Fsp3) is 0.250. The fourth-order valence-electron chi connectivity index (χ4n) is 2.95. The van der Waals surface area contributed by atoms with Gasteiger partial charge in [0.1, 0.15) is 0 Å². The zero-order valence-electron chi connectivity index (χ0n) is 16.3. The Bertz CT molecular complexity index is 872. The van der Waals surface area contributed by atoms with Crippen LogP contribution in [-0.2, 0) is 6.42 Å². The van der Waals surface area contributed by atoms with Gasteiger partial charge >= 0.3 is 0 Å². The van der Waals surface area contributed by atoms with Crippen LogP contribution < -0.4 is 0 Å². The van der Waals surface area contributed by atoms with Gasteiger partial charge in [-0.15, -0.1) is 0 Å². The fourth-order valence-corrected chi connectivity index (χ4v) is 4.35. The highest BCUT2D eigenvalue weighted by atomic mass is 127. The summed E-state index contributed by atoms with van der Waals surface area (Å²) in [7, 11) is 0. The van der Waals surface area contributed by atoms with Gasteiger partial charge in [-0.25, -0.2) is 0 Å². The van der Waals surface area contributed by atoms with E-state index in [1.807, 2.05) is 0 Å². The first-order valence-electron chi connectivity index (χ1n) is 8.83. The number of allylic oxidation sites excluding steroid dienone is 3. The molecule has 0 saturated carbocycles. The van der Waals surface area contributed by atoms with Gasteiger partial charge in [-0.2, -0.15) is 0 Å². The molecule has 2 aromatic carbocycles. The summed E-state index contributed by atoms with van der Waals surface area (Å²) in [6.45, 7) is 15.1. The first-order chi connectivity index (χ1) is 12.3. The molecule has 0 N–H and O–H groups in total. The number of aryl methyl sites for hydroxylation is 3. The maximum atomic E-state index is 4.31. The minimum Gasteiger partial charge on any atom is -0.0981 e. The average Bonchev–Trinajstić information content (AvgIpc) is 2.60. The van der Waals surface area contributed by atoms with E-state index < -0.39 is 0 Å². The third-order valence-corrected chi connectivity index (χ3v) is 6.70. The molecule has 0 amide bonds. The molecule has 0 bridgehead atoms. The molecule has 2 rings (SSSR count). The molecule has 26 heavy (non-hydrogen) atoms. The molecule has 0 heterocycles. The zero-order valence-corrected chi connectivity index (χ0v) is 19.3. The minimum absolute atomic E-state index is 0.986. The molecule has 0 atom stereocenters. The summed E-state index contributed by atoms with van der Waals surface area (Å²) in [6, 6.07) is 13.1. The van der Waals surface area contributed by atoms with E-state index in [-0.39, 0.29) is 0 Å². The summed E-state index contributed by atoms with van der Waals surface area (Å²) in [6.07, 6.45) is 3.15. The van der Waals surface area contributed by atoms with Crippen LogP contribution in [0.15, 0.2) is 64.9 Å². The van der Waals surface area contributed by atoms with Gasteiger partial charge in [-0.05, 0) is 108 Å². The molecule has 0 nitrogen and oxygen atoms in total. The number of halogens is 1. The van der Waals surface area contributed by atoms with Crippen molar-refractivity contribution in [1.82, 2.24) is 0 Å². The van der Waals surface area contributed by atoms with Gasteiger partial charge in [0, 0.05) is 8.48 Å². The number of hydrogen-bond donors (Lipinski definition) is 0. The van der Waals surface area contributed by atoms with Gasteiger partial charge in [0.05, 0.1) is 0 Å². The van der Waals surface area contributed by atoms with Crippen LogP contribution in [0.1, 0.15) is 41.7 Å². The lowest BCUT2D eigenvalue weighted by molar-refractivity contribution is 1.11. The lowest BCUT2D eigenvalue weighted by atomic mass is 10.00. The highest BCUT2D eigenvalue weighted by Gasteiger charge is 2.08. The van der Waals surface area contributed by atoms with Crippen LogP contribution in [0.4, 0.5) is 0 Å². The normalized spacial score (nSPS) is 12.4. The predicted molar refractivity (Wildman–Crippen MR) is 128 cm³/mol. The van der Waals surface area contributed by atoms with Crippen LogP contribution in [0.25, 0.3) is 5.57 Å². The van der Waals surface area contributed by atoms with Crippen molar-refractivity contribution in [2.24, 2.45) is 0 Å². The van der Waals surface area contributed by atoms with Crippen molar-refractivity contribution in [3.05, 3.63) is 96.3 Å². The molecule has 0 saturated heterocycles. The average molecular weight is 474 g/mol.